The molecular formula is C132H258N9O9+9. The Balaban J connectivity index is 0.000000846. The molecule has 0 aliphatic heterocycles. The van der Waals surface area contributed by atoms with E-state index in [0.29, 0.717) is 30.5 Å². The highest BCUT2D eigenvalue weighted by molar-refractivity contribution is 5.23. The predicted octanol–water partition coefficient (Wildman–Crippen LogP) is 30.2. The molecule has 4 aromatic carbocycles. The summed E-state index contributed by atoms with van der Waals surface area (Å²) in [5, 5.41) is 0. The first-order chi connectivity index (χ1) is 72.5. The SMILES string of the molecule is CCCC[N+](CC)(CCC)CCOC1CCCC1.CCCC[N+](CC)(CCC)CCOC1CCCCC1.CCCC[N+](CC)(CCC)CCOc1ccccc1.CCC[N+](CC)(CCC)CCOC1CCCCC1.CCC[N+](CC)(CCC)CCOc1ccccc1.CC[N+](CC)(CC)CCOC1CCCCC1.CC[N+](CC)(CC)CCOc1ccccc1.C[N+](C)(C)CCOC1CCCCC1.C[N+](C)(C)CCOc1ccccc1. The Bertz CT molecular complexity index is 3480. The third kappa shape index (κ3) is 69.0. The molecule has 5 aliphatic carbocycles. The van der Waals surface area contributed by atoms with Crippen LogP contribution in [-0.2, 0) is 23.7 Å². The van der Waals surface area contributed by atoms with Crippen molar-refractivity contribution in [3.8, 4) is 23.0 Å². The number of unbranched alkanes of at least 4 members (excludes halogenated alkanes) is 3. The van der Waals surface area contributed by atoms with Crippen molar-refractivity contribution in [2.45, 2.75) is 413 Å². The van der Waals surface area contributed by atoms with Crippen LogP contribution < -0.4 is 18.9 Å². The third-order valence-electron chi connectivity index (χ3n) is 34.0. The lowest BCUT2D eigenvalue weighted by molar-refractivity contribution is -0.927. The molecule has 18 heteroatoms. The van der Waals surface area contributed by atoms with E-state index in [1.807, 2.05) is 121 Å². The zero-order valence-electron chi connectivity index (χ0n) is 105. The second-order valence-electron chi connectivity index (χ2n) is 47.2. The van der Waals surface area contributed by atoms with Crippen molar-refractivity contribution in [2.24, 2.45) is 0 Å². The third-order valence-corrected chi connectivity index (χ3v) is 34.0. The van der Waals surface area contributed by atoms with Crippen LogP contribution in [0.5, 0.6) is 23.0 Å². The van der Waals surface area contributed by atoms with Crippen molar-refractivity contribution >= 4 is 0 Å². The largest absolute Gasteiger partial charge is 0.488 e. The Morgan fingerprint density at radius 3 is 0.500 bits per heavy atom. The van der Waals surface area contributed by atoms with Crippen LogP contribution in [0, 0.1) is 0 Å². The molecule has 3 unspecified atom stereocenters. The number of likely N-dealkylation sites (N-methyl/N-ethyl adjacent to an activating group) is 9. The Kier molecular flexibility index (Phi) is 86.4. The predicted molar refractivity (Wildman–Crippen MR) is 650 cm³/mol. The second kappa shape index (κ2) is 90.3. The number of hydrogen-bond acceptors (Lipinski definition) is 9. The van der Waals surface area contributed by atoms with Gasteiger partial charge in [-0.1, -0.05) is 251 Å². The first-order valence-corrected chi connectivity index (χ1v) is 63.8. The summed E-state index contributed by atoms with van der Waals surface area (Å²) in [5.41, 5.74) is 0. The quantitative estimate of drug-likeness (QED) is 0.0401. The molecule has 876 valence electrons. The van der Waals surface area contributed by atoms with E-state index in [2.05, 4.69) is 188 Å². The van der Waals surface area contributed by atoms with Crippen LogP contribution >= 0.6 is 0 Å². The summed E-state index contributed by atoms with van der Waals surface area (Å²) < 4.78 is 63.8. The topological polar surface area (TPSA) is 83.1 Å². The van der Waals surface area contributed by atoms with Gasteiger partial charge in [0, 0.05) is 0 Å². The lowest BCUT2D eigenvalue weighted by Gasteiger charge is -2.38. The second-order valence-corrected chi connectivity index (χ2v) is 47.2. The molecule has 4 aromatic rings. The fourth-order valence-corrected chi connectivity index (χ4v) is 22.8. The average Bonchev–Trinajstić information content (AvgIpc) is 1.07. The van der Waals surface area contributed by atoms with E-state index in [1.165, 1.54) is 428 Å². The number of rotatable bonds is 70. The van der Waals surface area contributed by atoms with Crippen LogP contribution in [0.1, 0.15) is 383 Å². The van der Waals surface area contributed by atoms with Gasteiger partial charge in [-0.05, 0) is 253 Å². The van der Waals surface area contributed by atoms with Gasteiger partial charge in [-0.2, -0.15) is 0 Å². The van der Waals surface area contributed by atoms with Gasteiger partial charge in [0.15, 0.2) is 0 Å². The lowest BCUT2D eigenvalue weighted by Crippen LogP contribution is -2.51. The number of benzene rings is 4. The van der Waals surface area contributed by atoms with Crippen molar-refractivity contribution < 1.29 is 83.0 Å². The highest BCUT2D eigenvalue weighted by Crippen LogP contribution is 2.28. The number of hydrogen-bond donors (Lipinski definition) is 0. The number of quaternary nitrogens is 9. The first-order valence-electron chi connectivity index (χ1n) is 63.8. The molecule has 5 aliphatic rings. The fraction of sp³-hybridized carbons (Fsp3) is 0.818. The standard InChI is InChI=1S/C17H36NO.C17H30NO.C16H34NO.C16H28NO.C16H34NO.C14H30NO.C14H24NO.C11H24NO.C11H18NO/c2*1-4-7-14-18(6-3,13-5-2)15-16-19-17-11-9-8-10-12-17;2*1-4-12-17(6-3,13-5-2)14-15-18-16-10-8-7-9-11-16;1-4-7-13-17(6-3,12-5-2)14-15-18-16-10-8-9-11-16;2*1-4-15(5-2,6-3)12-13-16-14-10-8-7-9-11-14;2*1-12(2,3)9-10-13-11-7-5-4-6-8-11/h17H,4-16H2,1-3H3;8-12H,4-7,13-16H2,1-3H3;16H,4-15H2,1-3H3;7-11H,4-6,12-15H2,1-3H3;16H,4-15H2,1-3H3;14H,4-13H2,1-3H3;7-11H,4-6,12-13H2,1-3H3;11H,4-10H2,1-3H3;4-8H,9-10H2,1-3H3/q9*+1. The summed E-state index contributed by atoms with van der Waals surface area (Å²) in [7, 11) is 13.1. The number of para-hydroxylation sites is 4. The summed E-state index contributed by atoms with van der Waals surface area (Å²) in [4.78, 5) is 0. The van der Waals surface area contributed by atoms with E-state index >= 15 is 0 Å². The Hall–Kier alpha value is -4.48. The summed E-state index contributed by atoms with van der Waals surface area (Å²) in [6.07, 6.45) is 52.1. The van der Waals surface area contributed by atoms with Crippen LogP contribution in [0.15, 0.2) is 121 Å². The van der Waals surface area contributed by atoms with Crippen molar-refractivity contribution in [3.63, 3.8) is 0 Å². The van der Waals surface area contributed by atoms with Gasteiger partial charge in [-0.15, -0.1) is 0 Å². The van der Waals surface area contributed by atoms with E-state index in [-0.39, 0.29) is 0 Å². The summed E-state index contributed by atoms with van der Waals surface area (Å²) >= 11 is 0. The van der Waals surface area contributed by atoms with Crippen molar-refractivity contribution in [1.29, 1.82) is 0 Å². The van der Waals surface area contributed by atoms with Gasteiger partial charge in [0.2, 0.25) is 0 Å². The minimum absolute atomic E-state index is 0.570. The highest BCUT2D eigenvalue weighted by Gasteiger charge is 2.32. The molecule has 5 saturated carbocycles. The smallest absolute Gasteiger partial charge is 0.137 e. The molecule has 18 nitrogen and oxygen atoms in total. The van der Waals surface area contributed by atoms with E-state index in [1.54, 1.807) is 0 Å². The molecule has 0 bridgehead atoms. The molecule has 0 N–H and O–H groups in total. The van der Waals surface area contributed by atoms with Gasteiger partial charge < -0.3 is 83.0 Å². The Morgan fingerprint density at radius 1 is 0.167 bits per heavy atom. The number of nitrogens with zero attached hydrogens (tertiary/aromatic N) is 9. The van der Waals surface area contributed by atoms with E-state index < -0.39 is 0 Å². The minimum atomic E-state index is 0.570. The van der Waals surface area contributed by atoms with E-state index in [4.69, 9.17) is 42.6 Å². The van der Waals surface area contributed by atoms with Crippen LogP contribution in [0.2, 0.25) is 0 Å². The van der Waals surface area contributed by atoms with Crippen LogP contribution in [0.25, 0.3) is 0 Å². The monoisotopic (exact) mass is 2110 g/mol. The van der Waals surface area contributed by atoms with Crippen LogP contribution in [-0.4, -0.2) is 369 Å². The molecule has 150 heavy (non-hydrogen) atoms. The molecule has 0 saturated heterocycles. The van der Waals surface area contributed by atoms with Gasteiger partial charge in [0.25, 0.3) is 0 Å². The van der Waals surface area contributed by atoms with Gasteiger partial charge in [-0.25, -0.2) is 0 Å². The van der Waals surface area contributed by atoms with E-state index in [0.717, 1.165) is 129 Å². The zero-order valence-corrected chi connectivity index (χ0v) is 105. The van der Waals surface area contributed by atoms with E-state index in [9.17, 15) is 0 Å². The normalized spacial score (nSPS) is 16.3. The Labute approximate surface area is 933 Å². The molecule has 3 atom stereocenters. The minimum Gasteiger partial charge on any atom is -0.488 e. The zero-order chi connectivity index (χ0) is 111. The van der Waals surface area contributed by atoms with Gasteiger partial charge >= 0.3 is 0 Å². The molecule has 0 amide bonds. The number of ether oxygens (including phenoxy) is 9. The van der Waals surface area contributed by atoms with Gasteiger partial charge in [0.1, 0.15) is 108 Å². The van der Waals surface area contributed by atoms with Gasteiger partial charge in [0.05, 0.1) is 243 Å². The van der Waals surface area contributed by atoms with Crippen molar-refractivity contribution in [3.05, 3.63) is 121 Å². The molecule has 9 rings (SSSR count). The summed E-state index contributed by atoms with van der Waals surface area (Å²) in [6, 6.07) is 40.3. The molecular weight excluding hydrogens is 1860 g/mol. The molecule has 0 radical (unpaired) electrons. The molecule has 0 spiro atoms. The van der Waals surface area contributed by atoms with Crippen molar-refractivity contribution in [1.82, 2.24) is 0 Å². The maximum atomic E-state index is 6.15. The maximum absolute atomic E-state index is 6.15. The molecule has 5 fully saturated rings. The van der Waals surface area contributed by atoms with Crippen LogP contribution in [0.4, 0.5) is 0 Å². The highest BCUT2D eigenvalue weighted by atomic mass is 16.5. The summed E-state index contributed by atoms with van der Waals surface area (Å²) in [5.74, 6) is 3.91. The van der Waals surface area contributed by atoms with Crippen molar-refractivity contribution in [2.75, 3.05) is 298 Å². The summed E-state index contributed by atoms with van der Waals surface area (Å²) in [6.45, 7) is 93.2. The lowest BCUT2D eigenvalue weighted by atomic mass is 9.98. The fourth-order valence-electron chi connectivity index (χ4n) is 22.8. The van der Waals surface area contributed by atoms with Crippen LogP contribution in [0.3, 0.4) is 0 Å². The van der Waals surface area contributed by atoms with Gasteiger partial charge in [-0.3, -0.25) is 0 Å². The maximum Gasteiger partial charge on any atom is 0.137 e. The average molecular weight is 2120 g/mol. The first kappa shape index (κ1) is 144. The Morgan fingerprint density at radius 2 is 0.320 bits per heavy atom. The molecule has 0 heterocycles. The molecule has 0 aromatic heterocycles.